The van der Waals surface area contributed by atoms with Crippen LogP contribution in [0.5, 0.6) is 0 Å². The third kappa shape index (κ3) is 2.33. The van der Waals surface area contributed by atoms with E-state index < -0.39 is 5.60 Å². The van der Waals surface area contributed by atoms with Gasteiger partial charge in [0.25, 0.3) is 0 Å². The normalized spacial score (nSPS) is 16.1. The summed E-state index contributed by atoms with van der Waals surface area (Å²) in [5, 5.41) is 11.2. The van der Waals surface area contributed by atoms with Crippen LogP contribution in [-0.4, -0.2) is 11.7 Å². The molecule has 0 fully saturated rings. The molecule has 0 heterocycles. The number of hydrogen-bond donors (Lipinski definition) is 2. The third-order valence-corrected chi connectivity index (χ3v) is 3.11. The first-order valence-corrected chi connectivity index (χ1v) is 5.37. The molecule has 0 spiro atoms. The minimum absolute atomic E-state index is 0.193. The highest BCUT2D eigenvalue weighted by Crippen LogP contribution is 2.38. The van der Waals surface area contributed by atoms with Crippen molar-refractivity contribution in [3.8, 4) is 0 Å². The Morgan fingerprint density at radius 2 is 1.67 bits per heavy atom. The van der Waals surface area contributed by atoms with E-state index in [0.717, 1.165) is 5.56 Å². The van der Waals surface area contributed by atoms with Crippen molar-refractivity contribution in [3.63, 3.8) is 0 Å². The Labute approximate surface area is 96.1 Å². The molecule has 0 aromatic heterocycles. The van der Waals surface area contributed by atoms with Gasteiger partial charge >= 0.3 is 0 Å². The molecule has 0 bridgehead atoms. The van der Waals surface area contributed by atoms with Crippen molar-refractivity contribution in [1.29, 1.82) is 0 Å². The van der Waals surface area contributed by atoms with Crippen molar-refractivity contribution in [1.82, 2.24) is 0 Å². The van der Waals surface area contributed by atoms with E-state index in [4.69, 9.17) is 17.3 Å². The number of rotatable bonds is 2. The van der Waals surface area contributed by atoms with Gasteiger partial charge in [-0.1, -0.05) is 44.5 Å². The zero-order valence-electron chi connectivity index (χ0n) is 9.42. The number of aliphatic hydroxyl groups is 1. The van der Waals surface area contributed by atoms with Crippen LogP contribution in [0.2, 0.25) is 5.02 Å². The van der Waals surface area contributed by atoms with Gasteiger partial charge in [0, 0.05) is 11.6 Å². The van der Waals surface area contributed by atoms with E-state index >= 15 is 0 Å². The molecule has 0 radical (unpaired) electrons. The predicted molar refractivity (Wildman–Crippen MR) is 63.9 cm³/mol. The van der Waals surface area contributed by atoms with Crippen LogP contribution in [0.15, 0.2) is 24.3 Å². The minimum Gasteiger partial charge on any atom is -0.383 e. The van der Waals surface area contributed by atoms with E-state index in [0.29, 0.717) is 5.02 Å². The van der Waals surface area contributed by atoms with Crippen LogP contribution in [-0.2, 0) is 5.60 Å². The van der Waals surface area contributed by atoms with Crippen LogP contribution in [0, 0.1) is 5.41 Å². The second-order valence-corrected chi connectivity index (χ2v) is 5.26. The van der Waals surface area contributed by atoms with E-state index in [2.05, 4.69) is 0 Å². The molecule has 0 aliphatic carbocycles. The molecule has 1 atom stereocenters. The van der Waals surface area contributed by atoms with E-state index in [-0.39, 0.29) is 12.0 Å². The van der Waals surface area contributed by atoms with Gasteiger partial charge in [0.15, 0.2) is 0 Å². The molecule has 1 rings (SSSR count). The Hall–Kier alpha value is -0.570. The molecular formula is C12H18ClNO. The molecule has 3 N–H and O–H groups in total. The van der Waals surface area contributed by atoms with Crippen molar-refractivity contribution < 1.29 is 5.11 Å². The van der Waals surface area contributed by atoms with E-state index in [1.165, 1.54) is 0 Å². The summed E-state index contributed by atoms with van der Waals surface area (Å²) in [4.78, 5) is 0. The van der Waals surface area contributed by atoms with Crippen molar-refractivity contribution in [3.05, 3.63) is 34.9 Å². The van der Waals surface area contributed by atoms with Gasteiger partial charge in [0.05, 0.1) is 0 Å². The quantitative estimate of drug-likeness (QED) is 0.816. The SMILES string of the molecule is CC(C)(C)C(O)(CN)c1ccc(Cl)cc1. The molecule has 1 aromatic carbocycles. The molecule has 1 aromatic rings. The van der Waals surface area contributed by atoms with E-state index in [9.17, 15) is 5.11 Å². The van der Waals surface area contributed by atoms with Crippen LogP contribution < -0.4 is 5.73 Å². The van der Waals surface area contributed by atoms with Crippen molar-refractivity contribution in [2.75, 3.05) is 6.54 Å². The number of hydrogen-bond acceptors (Lipinski definition) is 2. The monoisotopic (exact) mass is 227 g/mol. The van der Waals surface area contributed by atoms with E-state index in [1.54, 1.807) is 12.1 Å². The maximum atomic E-state index is 10.6. The van der Waals surface area contributed by atoms with Gasteiger partial charge in [-0.15, -0.1) is 0 Å². The molecule has 2 nitrogen and oxygen atoms in total. The van der Waals surface area contributed by atoms with Gasteiger partial charge in [0.1, 0.15) is 5.60 Å². The Kier molecular flexibility index (Phi) is 3.44. The average Bonchev–Trinajstić information content (AvgIpc) is 2.16. The fourth-order valence-electron chi connectivity index (χ4n) is 1.58. The second kappa shape index (κ2) is 4.12. The predicted octanol–water partition coefficient (Wildman–Crippen LogP) is 2.53. The lowest BCUT2D eigenvalue weighted by Crippen LogP contribution is -2.46. The van der Waals surface area contributed by atoms with Crippen molar-refractivity contribution >= 4 is 11.6 Å². The largest absolute Gasteiger partial charge is 0.383 e. The molecule has 0 amide bonds. The highest BCUT2D eigenvalue weighted by Gasteiger charge is 2.40. The lowest BCUT2D eigenvalue weighted by atomic mass is 9.72. The molecule has 0 saturated heterocycles. The molecule has 1 unspecified atom stereocenters. The first-order chi connectivity index (χ1) is 6.81. The number of halogens is 1. The second-order valence-electron chi connectivity index (χ2n) is 4.82. The van der Waals surface area contributed by atoms with Gasteiger partial charge in [-0.25, -0.2) is 0 Å². The molecule has 0 aliphatic heterocycles. The zero-order valence-corrected chi connectivity index (χ0v) is 10.2. The summed E-state index contributed by atoms with van der Waals surface area (Å²) in [6.45, 7) is 6.09. The van der Waals surface area contributed by atoms with Crippen LogP contribution in [0.25, 0.3) is 0 Å². The Morgan fingerprint density at radius 1 is 1.20 bits per heavy atom. The van der Waals surface area contributed by atoms with Crippen LogP contribution in [0.4, 0.5) is 0 Å². The number of nitrogens with two attached hydrogens (primary N) is 1. The fourth-order valence-corrected chi connectivity index (χ4v) is 1.71. The third-order valence-electron chi connectivity index (χ3n) is 2.86. The number of benzene rings is 1. The van der Waals surface area contributed by atoms with Gasteiger partial charge in [-0.3, -0.25) is 0 Å². The highest BCUT2D eigenvalue weighted by molar-refractivity contribution is 6.30. The molecule has 0 saturated carbocycles. The van der Waals surface area contributed by atoms with Crippen LogP contribution >= 0.6 is 11.6 Å². The Morgan fingerprint density at radius 3 is 2.00 bits per heavy atom. The molecule has 0 aliphatic rings. The van der Waals surface area contributed by atoms with Gasteiger partial charge in [-0.2, -0.15) is 0 Å². The standard InChI is InChI=1S/C12H18ClNO/c1-11(2,3)12(15,8-14)9-4-6-10(13)7-5-9/h4-7,15H,8,14H2,1-3H3. The minimum atomic E-state index is -1.02. The summed E-state index contributed by atoms with van der Waals surface area (Å²) in [6.07, 6.45) is 0. The maximum absolute atomic E-state index is 10.6. The first kappa shape index (κ1) is 12.5. The lowest BCUT2D eigenvalue weighted by molar-refractivity contribution is -0.0557. The summed E-state index contributed by atoms with van der Waals surface area (Å²) in [5.74, 6) is 0. The fraction of sp³-hybridized carbons (Fsp3) is 0.500. The summed E-state index contributed by atoms with van der Waals surface area (Å²) < 4.78 is 0. The van der Waals surface area contributed by atoms with E-state index in [1.807, 2.05) is 32.9 Å². The van der Waals surface area contributed by atoms with Crippen LogP contribution in [0.1, 0.15) is 26.3 Å². The van der Waals surface area contributed by atoms with Gasteiger partial charge < -0.3 is 10.8 Å². The van der Waals surface area contributed by atoms with Crippen molar-refractivity contribution in [2.45, 2.75) is 26.4 Å². The lowest BCUT2D eigenvalue weighted by Gasteiger charge is -2.39. The maximum Gasteiger partial charge on any atom is 0.107 e. The zero-order chi connectivity index (χ0) is 11.7. The molecule has 84 valence electrons. The Balaban J connectivity index is 3.18. The summed E-state index contributed by atoms with van der Waals surface area (Å²) >= 11 is 5.81. The summed E-state index contributed by atoms with van der Waals surface area (Å²) in [6, 6.07) is 7.17. The summed E-state index contributed by atoms with van der Waals surface area (Å²) in [7, 11) is 0. The molecular weight excluding hydrogens is 210 g/mol. The summed E-state index contributed by atoms with van der Waals surface area (Å²) in [5.41, 5.74) is 5.16. The molecule has 15 heavy (non-hydrogen) atoms. The average molecular weight is 228 g/mol. The van der Waals surface area contributed by atoms with Gasteiger partial charge in [-0.05, 0) is 23.1 Å². The van der Waals surface area contributed by atoms with Gasteiger partial charge in [0.2, 0.25) is 0 Å². The van der Waals surface area contributed by atoms with Crippen molar-refractivity contribution in [2.24, 2.45) is 11.1 Å². The first-order valence-electron chi connectivity index (χ1n) is 5.00. The Bertz CT molecular complexity index is 328. The smallest absolute Gasteiger partial charge is 0.107 e. The topological polar surface area (TPSA) is 46.2 Å². The van der Waals surface area contributed by atoms with Crippen LogP contribution in [0.3, 0.4) is 0 Å². The molecule has 3 heteroatoms. The highest BCUT2D eigenvalue weighted by atomic mass is 35.5.